The van der Waals surface area contributed by atoms with Crippen molar-refractivity contribution < 1.29 is 18.7 Å². The zero-order valence-electron chi connectivity index (χ0n) is 16.8. The minimum Gasteiger partial charge on any atom is -0.483 e. The van der Waals surface area contributed by atoms with E-state index in [1.165, 1.54) is 0 Å². The number of hydrogen-bond acceptors (Lipinski definition) is 6. The maximum absolute atomic E-state index is 12.4. The summed E-state index contributed by atoms with van der Waals surface area (Å²) in [6, 6.07) is 15.2. The Morgan fingerprint density at radius 1 is 1.17 bits per heavy atom. The molecule has 1 atom stereocenters. The molecule has 1 N–H and O–H groups in total. The van der Waals surface area contributed by atoms with E-state index in [0.29, 0.717) is 18.2 Å². The van der Waals surface area contributed by atoms with Crippen molar-refractivity contribution in [2.45, 2.75) is 26.2 Å². The Labute approximate surface area is 173 Å². The highest BCUT2D eigenvalue weighted by Gasteiger charge is 2.35. The smallest absolute Gasteiger partial charge is 0.322 e. The molecule has 0 bridgehead atoms. The largest absolute Gasteiger partial charge is 0.483 e. The van der Waals surface area contributed by atoms with Gasteiger partial charge in [-0.1, -0.05) is 41.0 Å². The van der Waals surface area contributed by atoms with Crippen LogP contribution in [0.3, 0.4) is 0 Å². The Morgan fingerprint density at radius 3 is 2.70 bits per heavy atom. The number of nitrogens with one attached hydrogen (secondary N) is 1. The van der Waals surface area contributed by atoms with Gasteiger partial charge in [0.1, 0.15) is 5.75 Å². The number of carbonyl (C=O) groups is 2. The Bertz CT molecular complexity index is 1060. The molecular formula is C22H22N4O4. The summed E-state index contributed by atoms with van der Waals surface area (Å²) in [5.41, 5.74) is 2.91. The summed E-state index contributed by atoms with van der Waals surface area (Å²) in [5, 5.41) is 10.4. The number of benzene rings is 2. The van der Waals surface area contributed by atoms with Crippen molar-refractivity contribution in [1.29, 1.82) is 0 Å². The summed E-state index contributed by atoms with van der Waals surface area (Å²) in [6.45, 7) is 4.18. The van der Waals surface area contributed by atoms with Crippen molar-refractivity contribution in [3.8, 4) is 5.75 Å². The van der Waals surface area contributed by atoms with Gasteiger partial charge in [-0.25, -0.2) is 0 Å². The van der Waals surface area contributed by atoms with E-state index in [0.717, 1.165) is 16.8 Å². The summed E-state index contributed by atoms with van der Waals surface area (Å²) >= 11 is 0. The van der Waals surface area contributed by atoms with Crippen molar-refractivity contribution >= 4 is 23.5 Å². The molecule has 1 fully saturated rings. The highest BCUT2D eigenvalue weighted by molar-refractivity contribution is 5.96. The summed E-state index contributed by atoms with van der Waals surface area (Å²) in [7, 11) is 0. The van der Waals surface area contributed by atoms with Crippen LogP contribution in [0.15, 0.2) is 52.9 Å². The van der Waals surface area contributed by atoms with Crippen LogP contribution < -0.4 is 15.0 Å². The Kier molecular flexibility index (Phi) is 5.47. The van der Waals surface area contributed by atoms with E-state index in [2.05, 4.69) is 15.5 Å². The zero-order chi connectivity index (χ0) is 21.1. The van der Waals surface area contributed by atoms with Gasteiger partial charge in [0.2, 0.25) is 11.8 Å². The second-order valence-electron chi connectivity index (χ2n) is 7.29. The van der Waals surface area contributed by atoms with Crippen LogP contribution in [0.1, 0.15) is 29.4 Å². The molecule has 1 unspecified atom stereocenters. The number of ether oxygens (including phenoxy) is 1. The van der Waals surface area contributed by atoms with E-state index in [-0.39, 0.29) is 30.9 Å². The number of aromatic nitrogens is 2. The standard InChI is InChI=1S/C22H22N4O4/c1-14-7-9-17(10-8-14)26-12-16(11-20(26)28)21-24-25-22(30-21)23-19(27)13-29-18-6-4-3-5-15(18)2/h3-10,16H,11-13H2,1-2H3,(H,23,25,27). The first-order valence-electron chi connectivity index (χ1n) is 9.68. The minimum atomic E-state index is -0.405. The van der Waals surface area contributed by atoms with Crippen LogP contribution in [0.2, 0.25) is 0 Å². The van der Waals surface area contributed by atoms with E-state index >= 15 is 0 Å². The maximum atomic E-state index is 12.4. The predicted octanol–water partition coefficient (Wildman–Crippen LogP) is 3.22. The van der Waals surface area contributed by atoms with Crippen molar-refractivity contribution in [1.82, 2.24) is 10.2 Å². The van der Waals surface area contributed by atoms with E-state index < -0.39 is 5.91 Å². The fourth-order valence-corrected chi connectivity index (χ4v) is 3.31. The fourth-order valence-electron chi connectivity index (χ4n) is 3.31. The van der Waals surface area contributed by atoms with Crippen LogP contribution >= 0.6 is 0 Å². The van der Waals surface area contributed by atoms with Crippen molar-refractivity contribution in [3.05, 3.63) is 65.5 Å². The second-order valence-corrected chi connectivity index (χ2v) is 7.29. The first-order valence-corrected chi connectivity index (χ1v) is 9.68. The lowest BCUT2D eigenvalue weighted by Gasteiger charge is -2.16. The van der Waals surface area contributed by atoms with Crippen molar-refractivity contribution in [2.24, 2.45) is 0 Å². The predicted molar refractivity (Wildman–Crippen MR) is 110 cm³/mol. The summed E-state index contributed by atoms with van der Waals surface area (Å²) in [4.78, 5) is 26.3. The molecule has 1 aromatic heterocycles. The lowest BCUT2D eigenvalue weighted by molar-refractivity contribution is -0.118. The first kappa shape index (κ1) is 19.6. The Morgan fingerprint density at radius 2 is 1.93 bits per heavy atom. The lowest BCUT2D eigenvalue weighted by Crippen LogP contribution is -2.24. The highest BCUT2D eigenvalue weighted by atomic mass is 16.5. The number of aryl methyl sites for hydroxylation is 2. The van der Waals surface area contributed by atoms with Gasteiger partial charge >= 0.3 is 6.01 Å². The molecule has 2 amide bonds. The fraction of sp³-hybridized carbons (Fsp3) is 0.273. The van der Waals surface area contributed by atoms with Crippen LogP contribution in [0.25, 0.3) is 0 Å². The van der Waals surface area contributed by atoms with Gasteiger partial charge in [-0.3, -0.25) is 14.9 Å². The molecule has 0 aliphatic carbocycles. The van der Waals surface area contributed by atoms with Crippen LogP contribution in [0, 0.1) is 13.8 Å². The van der Waals surface area contributed by atoms with Gasteiger partial charge in [0.25, 0.3) is 5.91 Å². The van der Waals surface area contributed by atoms with Gasteiger partial charge < -0.3 is 14.1 Å². The average molecular weight is 406 g/mol. The minimum absolute atomic E-state index is 0.000676. The normalized spacial score (nSPS) is 16.0. The Hall–Kier alpha value is -3.68. The van der Waals surface area contributed by atoms with Crippen LogP contribution in [0.5, 0.6) is 5.75 Å². The number of amides is 2. The number of rotatable bonds is 6. The van der Waals surface area contributed by atoms with Crippen LogP contribution in [0.4, 0.5) is 11.7 Å². The number of anilines is 2. The van der Waals surface area contributed by atoms with E-state index in [1.54, 1.807) is 11.0 Å². The molecule has 3 aromatic rings. The third-order valence-electron chi connectivity index (χ3n) is 4.96. The van der Waals surface area contributed by atoms with Gasteiger partial charge in [0.15, 0.2) is 6.61 Å². The number of para-hydroxylation sites is 1. The molecule has 4 rings (SSSR count). The zero-order valence-corrected chi connectivity index (χ0v) is 16.8. The molecule has 0 saturated carbocycles. The Balaban J connectivity index is 1.35. The molecular weight excluding hydrogens is 384 g/mol. The van der Waals surface area contributed by atoms with Gasteiger partial charge in [-0.15, -0.1) is 5.10 Å². The van der Waals surface area contributed by atoms with Gasteiger partial charge in [0.05, 0.1) is 5.92 Å². The quantitative estimate of drug-likeness (QED) is 0.675. The molecule has 8 heteroatoms. The molecule has 30 heavy (non-hydrogen) atoms. The summed E-state index contributed by atoms with van der Waals surface area (Å²) < 4.78 is 11.1. The molecule has 0 spiro atoms. The molecule has 1 saturated heterocycles. The van der Waals surface area contributed by atoms with Gasteiger partial charge in [-0.05, 0) is 37.6 Å². The third-order valence-corrected chi connectivity index (χ3v) is 4.96. The average Bonchev–Trinajstić information content (AvgIpc) is 3.34. The van der Waals surface area contributed by atoms with Gasteiger partial charge in [-0.2, -0.15) is 0 Å². The van der Waals surface area contributed by atoms with Crippen LogP contribution in [-0.2, 0) is 9.59 Å². The topological polar surface area (TPSA) is 97.6 Å². The SMILES string of the molecule is Cc1ccc(N2CC(c3nnc(NC(=O)COc4ccccc4C)o3)CC2=O)cc1. The first-order chi connectivity index (χ1) is 14.5. The number of hydrogen-bond donors (Lipinski definition) is 1. The molecule has 8 nitrogen and oxygen atoms in total. The highest BCUT2D eigenvalue weighted by Crippen LogP contribution is 2.31. The molecule has 0 radical (unpaired) electrons. The summed E-state index contributed by atoms with van der Waals surface area (Å²) in [5.74, 6) is 0.337. The monoisotopic (exact) mass is 406 g/mol. The molecule has 1 aliphatic heterocycles. The number of nitrogens with zero attached hydrogens (tertiary/aromatic N) is 3. The lowest BCUT2D eigenvalue weighted by atomic mass is 10.1. The van der Waals surface area contributed by atoms with Crippen molar-refractivity contribution in [3.63, 3.8) is 0 Å². The van der Waals surface area contributed by atoms with Crippen LogP contribution in [-0.4, -0.2) is 35.2 Å². The third kappa shape index (κ3) is 4.32. The van der Waals surface area contributed by atoms with E-state index in [1.807, 2.05) is 56.3 Å². The van der Waals surface area contributed by atoms with E-state index in [4.69, 9.17) is 9.15 Å². The van der Waals surface area contributed by atoms with E-state index in [9.17, 15) is 9.59 Å². The molecule has 1 aliphatic rings. The molecule has 2 heterocycles. The molecule has 154 valence electrons. The second kappa shape index (κ2) is 8.36. The maximum Gasteiger partial charge on any atom is 0.322 e. The van der Waals surface area contributed by atoms with Gasteiger partial charge in [0, 0.05) is 18.7 Å². The number of carbonyl (C=O) groups excluding carboxylic acids is 2. The summed E-state index contributed by atoms with van der Waals surface area (Å²) in [6.07, 6.45) is 0.278. The van der Waals surface area contributed by atoms with Crippen molar-refractivity contribution in [2.75, 3.05) is 23.4 Å². The molecule has 2 aromatic carbocycles.